The molecule has 0 spiro atoms. The van der Waals surface area contributed by atoms with Gasteiger partial charge in [0.05, 0.1) is 6.61 Å². The number of carbonyl (C=O) groups is 1. The van der Waals surface area contributed by atoms with Gasteiger partial charge in [-0.05, 0) is 19.8 Å². The van der Waals surface area contributed by atoms with E-state index >= 15 is 0 Å². The molecule has 0 aliphatic heterocycles. The molecule has 100 valence electrons. The molecule has 6 nitrogen and oxygen atoms in total. The maximum atomic E-state index is 12.0. The molecule has 1 heterocycles. The van der Waals surface area contributed by atoms with Crippen molar-refractivity contribution in [1.82, 2.24) is 10.3 Å². The molecule has 1 aliphatic carbocycles. The van der Waals surface area contributed by atoms with E-state index in [4.69, 9.17) is 10.5 Å². The minimum atomic E-state index is -0.196. The van der Waals surface area contributed by atoms with Gasteiger partial charge in [0.1, 0.15) is 10.7 Å². The van der Waals surface area contributed by atoms with Crippen molar-refractivity contribution >= 4 is 28.2 Å². The van der Waals surface area contributed by atoms with Gasteiger partial charge in [-0.1, -0.05) is 11.3 Å². The van der Waals surface area contributed by atoms with Gasteiger partial charge in [0, 0.05) is 19.2 Å². The van der Waals surface area contributed by atoms with Crippen LogP contribution in [0.3, 0.4) is 0 Å². The summed E-state index contributed by atoms with van der Waals surface area (Å²) in [5.74, 6) is 0.0867. The molecule has 1 unspecified atom stereocenters. The first kappa shape index (κ1) is 13.1. The number of amides is 1. The van der Waals surface area contributed by atoms with Crippen molar-refractivity contribution in [3.8, 4) is 0 Å². The van der Waals surface area contributed by atoms with Crippen molar-refractivity contribution < 1.29 is 9.53 Å². The molecule has 0 saturated heterocycles. The standard InChI is InChI=1S/C11H18N4O2S/c1-6(5-17-2)13-10(16)8-9(12)15-11(18-8)14-7-3-4-7/h6-7H,3-5,12H2,1-2H3,(H,13,16)(H,14,15). The van der Waals surface area contributed by atoms with Gasteiger partial charge in [0.25, 0.3) is 5.91 Å². The second kappa shape index (κ2) is 5.53. The Kier molecular flexibility index (Phi) is 4.03. The van der Waals surface area contributed by atoms with Crippen molar-refractivity contribution in [2.45, 2.75) is 31.8 Å². The molecule has 1 atom stereocenters. The highest BCUT2D eigenvalue weighted by Crippen LogP contribution is 2.30. The Balaban J connectivity index is 1.97. The Morgan fingerprint density at radius 1 is 1.67 bits per heavy atom. The number of anilines is 2. The van der Waals surface area contributed by atoms with E-state index in [1.165, 1.54) is 11.3 Å². The number of thiazole rings is 1. The molecule has 18 heavy (non-hydrogen) atoms. The Morgan fingerprint density at radius 2 is 2.39 bits per heavy atom. The normalized spacial score (nSPS) is 16.3. The Morgan fingerprint density at radius 3 is 3.00 bits per heavy atom. The number of rotatable bonds is 6. The smallest absolute Gasteiger partial charge is 0.265 e. The molecule has 1 fully saturated rings. The van der Waals surface area contributed by atoms with Gasteiger partial charge in [-0.25, -0.2) is 4.98 Å². The maximum Gasteiger partial charge on any atom is 0.265 e. The van der Waals surface area contributed by atoms with E-state index in [-0.39, 0.29) is 17.8 Å². The largest absolute Gasteiger partial charge is 0.383 e. The van der Waals surface area contributed by atoms with Crippen LogP contribution in [0.2, 0.25) is 0 Å². The molecule has 0 radical (unpaired) electrons. The first-order valence-corrected chi connectivity index (χ1v) is 6.74. The number of nitrogen functional groups attached to an aromatic ring is 1. The molecular formula is C11H18N4O2S. The van der Waals surface area contributed by atoms with Gasteiger partial charge in [0.2, 0.25) is 0 Å². The van der Waals surface area contributed by atoms with Crippen LogP contribution in [0, 0.1) is 0 Å². The van der Waals surface area contributed by atoms with Gasteiger partial charge in [-0.2, -0.15) is 0 Å². The zero-order valence-corrected chi connectivity index (χ0v) is 11.3. The summed E-state index contributed by atoms with van der Waals surface area (Å²) < 4.78 is 4.97. The second-order valence-electron chi connectivity index (χ2n) is 4.48. The third-order valence-corrected chi connectivity index (χ3v) is 3.56. The first-order valence-electron chi connectivity index (χ1n) is 5.92. The molecule has 4 N–H and O–H groups in total. The van der Waals surface area contributed by atoms with Crippen molar-refractivity contribution in [3.63, 3.8) is 0 Å². The van der Waals surface area contributed by atoms with Crippen LogP contribution in [0.15, 0.2) is 0 Å². The first-order chi connectivity index (χ1) is 8.60. The molecule has 0 aromatic carbocycles. The van der Waals surface area contributed by atoms with Crippen LogP contribution >= 0.6 is 11.3 Å². The third-order valence-electron chi connectivity index (χ3n) is 2.56. The van der Waals surface area contributed by atoms with E-state index in [0.717, 1.165) is 18.0 Å². The van der Waals surface area contributed by atoms with Crippen LogP contribution < -0.4 is 16.4 Å². The fourth-order valence-corrected chi connectivity index (χ4v) is 2.40. The van der Waals surface area contributed by atoms with Gasteiger partial charge in [-0.15, -0.1) is 0 Å². The Hall–Kier alpha value is -1.34. The average Bonchev–Trinajstić information content (AvgIpc) is 3.01. The predicted octanol–water partition coefficient (Wildman–Crippen LogP) is 1.06. The molecule has 1 amide bonds. The maximum absolute atomic E-state index is 12.0. The van der Waals surface area contributed by atoms with E-state index in [9.17, 15) is 4.79 Å². The van der Waals surface area contributed by atoms with Gasteiger partial charge < -0.3 is 21.1 Å². The van der Waals surface area contributed by atoms with Crippen LogP contribution in [0.1, 0.15) is 29.4 Å². The lowest BCUT2D eigenvalue weighted by molar-refractivity contribution is 0.0910. The molecule has 2 rings (SSSR count). The van der Waals surface area contributed by atoms with Crippen molar-refractivity contribution in [3.05, 3.63) is 4.88 Å². The van der Waals surface area contributed by atoms with E-state index in [2.05, 4.69) is 15.6 Å². The zero-order valence-electron chi connectivity index (χ0n) is 10.5. The summed E-state index contributed by atoms with van der Waals surface area (Å²) in [4.78, 5) is 16.6. The number of hydrogen-bond donors (Lipinski definition) is 3. The zero-order chi connectivity index (χ0) is 13.1. The fourth-order valence-electron chi connectivity index (χ4n) is 1.54. The number of nitrogens with two attached hydrogens (primary N) is 1. The van der Waals surface area contributed by atoms with Crippen LogP contribution in [0.5, 0.6) is 0 Å². The highest BCUT2D eigenvalue weighted by molar-refractivity contribution is 7.18. The average molecular weight is 270 g/mol. The van der Waals surface area contributed by atoms with E-state index in [0.29, 0.717) is 17.5 Å². The topological polar surface area (TPSA) is 89.3 Å². The molecule has 7 heteroatoms. The Bertz CT molecular complexity index is 431. The minimum Gasteiger partial charge on any atom is -0.383 e. The molecule has 1 saturated carbocycles. The highest BCUT2D eigenvalue weighted by Gasteiger charge is 2.24. The summed E-state index contributed by atoms with van der Waals surface area (Å²) in [6.07, 6.45) is 2.32. The van der Waals surface area contributed by atoms with E-state index in [1.54, 1.807) is 7.11 Å². The molecular weight excluding hydrogens is 252 g/mol. The van der Waals surface area contributed by atoms with Crippen LogP contribution in [-0.4, -0.2) is 36.7 Å². The quantitative estimate of drug-likeness (QED) is 0.719. The molecule has 1 aromatic rings. The second-order valence-corrected chi connectivity index (χ2v) is 5.48. The van der Waals surface area contributed by atoms with Gasteiger partial charge in [-0.3, -0.25) is 4.79 Å². The minimum absolute atomic E-state index is 0.0520. The van der Waals surface area contributed by atoms with Crippen molar-refractivity contribution in [2.24, 2.45) is 0 Å². The number of carbonyl (C=O) groups excluding carboxylic acids is 1. The van der Waals surface area contributed by atoms with E-state index < -0.39 is 0 Å². The monoisotopic (exact) mass is 270 g/mol. The summed E-state index contributed by atoms with van der Waals surface area (Å²) in [6.45, 7) is 2.35. The van der Waals surface area contributed by atoms with Crippen molar-refractivity contribution in [2.75, 3.05) is 24.8 Å². The molecule has 1 aliphatic rings. The Labute approximate surface area is 110 Å². The summed E-state index contributed by atoms with van der Waals surface area (Å²) >= 11 is 1.30. The van der Waals surface area contributed by atoms with Gasteiger partial charge >= 0.3 is 0 Å². The lowest BCUT2D eigenvalue weighted by atomic mass is 10.3. The number of hydrogen-bond acceptors (Lipinski definition) is 6. The van der Waals surface area contributed by atoms with Gasteiger partial charge in [0.15, 0.2) is 5.13 Å². The summed E-state index contributed by atoms with van der Waals surface area (Å²) in [5, 5.41) is 6.77. The lowest BCUT2D eigenvalue weighted by Crippen LogP contribution is -2.35. The number of ether oxygens (including phenoxy) is 1. The summed E-state index contributed by atoms with van der Waals surface area (Å²) in [7, 11) is 1.60. The molecule has 1 aromatic heterocycles. The SMILES string of the molecule is COCC(C)NC(=O)c1sc(NC2CC2)nc1N. The van der Waals surface area contributed by atoms with Crippen LogP contribution in [-0.2, 0) is 4.74 Å². The predicted molar refractivity (Wildman–Crippen MR) is 72.0 cm³/mol. The molecule has 0 bridgehead atoms. The van der Waals surface area contributed by atoms with Crippen molar-refractivity contribution in [1.29, 1.82) is 0 Å². The summed E-state index contributed by atoms with van der Waals surface area (Å²) in [6, 6.07) is 0.447. The fraction of sp³-hybridized carbons (Fsp3) is 0.636. The number of nitrogens with zero attached hydrogens (tertiary/aromatic N) is 1. The lowest BCUT2D eigenvalue weighted by Gasteiger charge is -2.11. The number of methoxy groups -OCH3 is 1. The highest BCUT2D eigenvalue weighted by atomic mass is 32.1. The summed E-state index contributed by atoms with van der Waals surface area (Å²) in [5.41, 5.74) is 5.76. The number of aromatic nitrogens is 1. The van der Waals surface area contributed by atoms with E-state index in [1.807, 2.05) is 6.92 Å². The third kappa shape index (κ3) is 3.33. The van der Waals surface area contributed by atoms with Crippen LogP contribution in [0.4, 0.5) is 10.9 Å². The van der Waals surface area contributed by atoms with Crippen LogP contribution in [0.25, 0.3) is 0 Å². The number of nitrogens with one attached hydrogen (secondary N) is 2.